The van der Waals surface area contributed by atoms with Crippen LogP contribution in [0, 0.1) is 0 Å². The number of hydrogen-bond acceptors (Lipinski definition) is 4. The third kappa shape index (κ3) is 5.34. The Labute approximate surface area is 161 Å². The highest BCUT2D eigenvalue weighted by atomic mass is 19.4. The number of benzene rings is 2. The summed E-state index contributed by atoms with van der Waals surface area (Å²) in [5, 5.41) is 2.50. The third-order valence-corrected chi connectivity index (χ3v) is 3.77. The first kappa shape index (κ1) is 19.9. The molecule has 0 unspecified atom stereocenters. The van der Waals surface area contributed by atoms with Crippen LogP contribution in [-0.4, -0.2) is 28.5 Å². The van der Waals surface area contributed by atoms with Crippen molar-refractivity contribution in [1.29, 1.82) is 0 Å². The molecule has 0 aliphatic rings. The van der Waals surface area contributed by atoms with Crippen molar-refractivity contribution >= 4 is 34.7 Å². The maximum atomic E-state index is 12.7. The van der Waals surface area contributed by atoms with Gasteiger partial charge in [0.2, 0.25) is 0 Å². The molecule has 0 saturated carbocycles. The molecule has 0 radical (unpaired) electrons. The van der Waals surface area contributed by atoms with Crippen molar-refractivity contribution in [2.45, 2.75) is 6.18 Å². The van der Waals surface area contributed by atoms with Crippen molar-refractivity contribution in [1.82, 2.24) is 9.97 Å². The summed E-state index contributed by atoms with van der Waals surface area (Å²) in [6.07, 6.45) is -2.40. The number of H-pyrrole nitrogens is 2. The summed E-state index contributed by atoms with van der Waals surface area (Å²) in [5.41, 5.74) is 0.384. The average molecular weight is 405 g/mol. The number of aromatic nitrogens is 2. The molecular formula is C19H14F3N3O4. The Kier molecular flexibility index (Phi) is 5.53. The number of aromatic amines is 2. The highest BCUT2D eigenvalue weighted by molar-refractivity contribution is 5.96. The maximum Gasteiger partial charge on any atom is 0.416 e. The Balaban J connectivity index is 1.53. The lowest BCUT2D eigenvalue weighted by Crippen LogP contribution is -2.20. The van der Waals surface area contributed by atoms with E-state index in [2.05, 4.69) is 15.3 Å². The number of halogens is 3. The van der Waals surface area contributed by atoms with Crippen LogP contribution in [0.2, 0.25) is 0 Å². The molecule has 1 heterocycles. The van der Waals surface area contributed by atoms with E-state index in [4.69, 9.17) is 4.74 Å². The molecule has 3 aromatic rings. The fourth-order valence-corrected chi connectivity index (χ4v) is 2.48. The summed E-state index contributed by atoms with van der Waals surface area (Å²) in [6.45, 7) is -0.590. The minimum absolute atomic E-state index is 0.162. The second-order valence-corrected chi connectivity index (χ2v) is 5.95. The molecule has 150 valence electrons. The summed E-state index contributed by atoms with van der Waals surface area (Å²) < 4.78 is 42.8. The fourth-order valence-electron chi connectivity index (χ4n) is 2.48. The highest BCUT2D eigenvalue weighted by Crippen LogP contribution is 2.29. The number of carbonyl (C=O) groups excluding carboxylic acids is 2. The van der Waals surface area contributed by atoms with E-state index in [1.54, 1.807) is 12.1 Å². The van der Waals surface area contributed by atoms with Crippen molar-refractivity contribution in [3.05, 3.63) is 70.2 Å². The Morgan fingerprint density at radius 1 is 1.07 bits per heavy atom. The van der Waals surface area contributed by atoms with Gasteiger partial charge in [0, 0.05) is 11.8 Å². The molecule has 2 aromatic carbocycles. The normalized spacial score (nSPS) is 11.7. The summed E-state index contributed by atoms with van der Waals surface area (Å²) >= 11 is 0. The molecule has 0 aliphatic carbocycles. The van der Waals surface area contributed by atoms with E-state index in [0.717, 1.165) is 24.3 Å². The van der Waals surface area contributed by atoms with Gasteiger partial charge in [0.05, 0.1) is 16.6 Å². The van der Waals surface area contributed by atoms with Gasteiger partial charge in [0.25, 0.3) is 5.91 Å². The molecule has 0 spiro atoms. The standard InChI is InChI=1S/C19H14F3N3O4/c20-19(21,22)12-3-1-2-11(8-12)4-7-17(27)29-10-16(26)23-13-5-6-14-15(9-13)25-18(28)24-14/h1-9H,10H2,(H,23,26)(H2,24,25,28)/b7-4+. The molecule has 7 nitrogen and oxygen atoms in total. The summed E-state index contributed by atoms with van der Waals surface area (Å²) in [6, 6.07) is 9.09. The van der Waals surface area contributed by atoms with E-state index in [1.807, 2.05) is 0 Å². The minimum Gasteiger partial charge on any atom is -0.452 e. The number of imidazole rings is 1. The summed E-state index contributed by atoms with van der Waals surface area (Å²) in [4.78, 5) is 39.9. The first-order chi connectivity index (χ1) is 13.7. The van der Waals surface area contributed by atoms with Crippen LogP contribution in [0.1, 0.15) is 11.1 Å². The van der Waals surface area contributed by atoms with Gasteiger partial charge in [0.15, 0.2) is 6.61 Å². The van der Waals surface area contributed by atoms with E-state index in [1.165, 1.54) is 18.2 Å². The summed E-state index contributed by atoms with van der Waals surface area (Å²) in [7, 11) is 0. The van der Waals surface area contributed by atoms with Gasteiger partial charge in [-0.1, -0.05) is 12.1 Å². The van der Waals surface area contributed by atoms with Gasteiger partial charge < -0.3 is 20.0 Å². The second kappa shape index (κ2) is 8.05. The SMILES string of the molecule is O=C(COC(=O)/C=C/c1cccc(C(F)(F)F)c1)Nc1ccc2[nH]c(=O)[nH]c2c1. The van der Waals surface area contributed by atoms with Crippen molar-refractivity contribution < 1.29 is 27.5 Å². The lowest BCUT2D eigenvalue weighted by atomic mass is 10.1. The van der Waals surface area contributed by atoms with Crippen LogP contribution in [0.4, 0.5) is 18.9 Å². The number of rotatable bonds is 5. The molecule has 0 fully saturated rings. The second-order valence-electron chi connectivity index (χ2n) is 5.95. The lowest BCUT2D eigenvalue weighted by Gasteiger charge is -2.07. The van der Waals surface area contributed by atoms with Crippen LogP contribution in [0.3, 0.4) is 0 Å². The number of fused-ring (bicyclic) bond motifs is 1. The van der Waals surface area contributed by atoms with E-state index in [-0.39, 0.29) is 11.3 Å². The molecule has 3 rings (SSSR count). The third-order valence-electron chi connectivity index (χ3n) is 3.77. The molecule has 0 aliphatic heterocycles. The van der Waals surface area contributed by atoms with Gasteiger partial charge in [-0.2, -0.15) is 13.2 Å². The van der Waals surface area contributed by atoms with E-state index < -0.39 is 30.2 Å². The Bertz CT molecular complexity index is 1150. The number of amides is 1. The first-order valence-corrected chi connectivity index (χ1v) is 8.25. The molecular weight excluding hydrogens is 391 g/mol. The first-order valence-electron chi connectivity index (χ1n) is 8.25. The number of carbonyl (C=O) groups is 2. The monoisotopic (exact) mass is 405 g/mol. The molecule has 3 N–H and O–H groups in total. The number of ether oxygens (including phenoxy) is 1. The van der Waals surface area contributed by atoms with E-state index in [9.17, 15) is 27.6 Å². The molecule has 1 aromatic heterocycles. The van der Waals surface area contributed by atoms with Crippen LogP contribution in [-0.2, 0) is 20.5 Å². The number of hydrogen-bond donors (Lipinski definition) is 3. The van der Waals surface area contributed by atoms with Crippen LogP contribution in [0.15, 0.2) is 53.3 Å². The molecule has 10 heteroatoms. The number of anilines is 1. The highest BCUT2D eigenvalue weighted by Gasteiger charge is 2.30. The largest absolute Gasteiger partial charge is 0.452 e. The van der Waals surface area contributed by atoms with Gasteiger partial charge in [-0.25, -0.2) is 9.59 Å². The van der Waals surface area contributed by atoms with Gasteiger partial charge in [-0.05, 0) is 42.0 Å². The predicted octanol–water partition coefficient (Wildman–Crippen LogP) is 3.07. The van der Waals surface area contributed by atoms with Crippen LogP contribution in [0.25, 0.3) is 17.1 Å². The van der Waals surface area contributed by atoms with Crippen LogP contribution >= 0.6 is 0 Å². The van der Waals surface area contributed by atoms with Gasteiger partial charge in [-0.15, -0.1) is 0 Å². The van der Waals surface area contributed by atoms with Crippen LogP contribution in [0.5, 0.6) is 0 Å². The molecule has 29 heavy (non-hydrogen) atoms. The lowest BCUT2D eigenvalue weighted by molar-refractivity contribution is -0.142. The average Bonchev–Trinajstić information content (AvgIpc) is 3.03. The van der Waals surface area contributed by atoms with Crippen molar-refractivity contribution in [2.75, 3.05) is 11.9 Å². The quantitative estimate of drug-likeness (QED) is 0.448. The van der Waals surface area contributed by atoms with Crippen LogP contribution < -0.4 is 11.0 Å². The zero-order valence-corrected chi connectivity index (χ0v) is 14.7. The summed E-state index contributed by atoms with van der Waals surface area (Å²) in [5.74, 6) is -1.51. The van der Waals surface area contributed by atoms with Crippen molar-refractivity contribution in [3.8, 4) is 0 Å². The maximum absolute atomic E-state index is 12.7. The topological polar surface area (TPSA) is 104 Å². The molecule has 0 atom stereocenters. The number of nitrogens with one attached hydrogen (secondary N) is 3. The Morgan fingerprint density at radius 2 is 1.83 bits per heavy atom. The molecule has 0 saturated heterocycles. The van der Waals surface area contributed by atoms with Gasteiger partial charge >= 0.3 is 17.8 Å². The number of esters is 1. The Morgan fingerprint density at radius 3 is 2.59 bits per heavy atom. The molecule has 1 amide bonds. The zero-order valence-electron chi connectivity index (χ0n) is 14.7. The van der Waals surface area contributed by atoms with Gasteiger partial charge in [0.1, 0.15) is 0 Å². The fraction of sp³-hybridized carbons (Fsp3) is 0.105. The van der Waals surface area contributed by atoms with Gasteiger partial charge in [-0.3, -0.25) is 4.79 Å². The zero-order chi connectivity index (χ0) is 21.0. The van der Waals surface area contributed by atoms with E-state index in [0.29, 0.717) is 16.7 Å². The van der Waals surface area contributed by atoms with Crippen molar-refractivity contribution in [3.63, 3.8) is 0 Å². The molecule has 0 bridgehead atoms. The minimum atomic E-state index is -4.49. The van der Waals surface area contributed by atoms with E-state index >= 15 is 0 Å². The Hall–Kier alpha value is -3.82. The predicted molar refractivity (Wildman–Crippen MR) is 99.0 cm³/mol. The van der Waals surface area contributed by atoms with Crippen molar-refractivity contribution in [2.24, 2.45) is 0 Å². The number of alkyl halides is 3. The smallest absolute Gasteiger partial charge is 0.416 e.